The molecule has 7 nitrogen and oxygen atoms in total. The minimum atomic E-state index is -0.453. The molecule has 0 spiro atoms. The minimum Gasteiger partial charge on any atom is -0.394 e. The number of carbonyl (C=O) groups is 2. The number of rotatable bonds is 7. The standard InChI is InChI=1S/C19H27N3O4/c23-12-17-16(22-19(25)14-2-1-3-14)5-4-15(26-17)10-18(24)21-11-13-6-8-20-9-7-13/h6-9,14-17,23H,1-5,10-12H2,(H,21,24)(H,22,25)/t15-,16+,17+/m1/s1. The maximum absolute atomic E-state index is 12.1. The zero-order valence-electron chi connectivity index (χ0n) is 14.9. The van der Waals surface area contributed by atoms with Gasteiger partial charge in [-0.05, 0) is 43.4 Å². The molecule has 2 fully saturated rings. The highest BCUT2D eigenvalue weighted by molar-refractivity contribution is 5.79. The molecule has 2 amide bonds. The van der Waals surface area contributed by atoms with Crippen LogP contribution in [0.1, 0.15) is 44.1 Å². The molecule has 7 heteroatoms. The van der Waals surface area contributed by atoms with Crippen LogP contribution in [0.3, 0.4) is 0 Å². The second kappa shape index (κ2) is 9.09. The lowest BCUT2D eigenvalue weighted by Crippen LogP contribution is -2.53. The topological polar surface area (TPSA) is 101 Å². The first-order chi connectivity index (χ1) is 12.7. The number of hydrogen-bond donors (Lipinski definition) is 3. The number of pyridine rings is 1. The molecule has 142 valence electrons. The first kappa shape index (κ1) is 18.8. The van der Waals surface area contributed by atoms with E-state index in [0.29, 0.717) is 19.4 Å². The molecule has 3 rings (SSSR count). The molecule has 3 N–H and O–H groups in total. The fourth-order valence-electron chi connectivity index (χ4n) is 3.40. The Morgan fingerprint density at radius 3 is 2.62 bits per heavy atom. The average molecular weight is 361 g/mol. The van der Waals surface area contributed by atoms with Gasteiger partial charge in [0.05, 0.1) is 25.2 Å². The summed E-state index contributed by atoms with van der Waals surface area (Å²) < 4.78 is 5.87. The van der Waals surface area contributed by atoms with Gasteiger partial charge in [-0.3, -0.25) is 14.6 Å². The molecule has 0 radical (unpaired) electrons. The normalized spacial score (nSPS) is 26.0. The van der Waals surface area contributed by atoms with Crippen LogP contribution in [0.2, 0.25) is 0 Å². The van der Waals surface area contributed by atoms with Gasteiger partial charge >= 0.3 is 0 Å². The van der Waals surface area contributed by atoms with Crippen LogP contribution in [0.4, 0.5) is 0 Å². The van der Waals surface area contributed by atoms with E-state index in [-0.39, 0.29) is 42.9 Å². The molecule has 1 aromatic heterocycles. The van der Waals surface area contributed by atoms with E-state index in [0.717, 1.165) is 24.8 Å². The monoisotopic (exact) mass is 361 g/mol. The van der Waals surface area contributed by atoms with Gasteiger partial charge < -0.3 is 20.5 Å². The number of ether oxygens (including phenoxy) is 1. The zero-order valence-corrected chi connectivity index (χ0v) is 14.9. The van der Waals surface area contributed by atoms with Crippen LogP contribution < -0.4 is 10.6 Å². The maximum Gasteiger partial charge on any atom is 0.223 e. The van der Waals surface area contributed by atoms with Crippen molar-refractivity contribution >= 4 is 11.8 Å². The summed E-state index contributed by atoms with van der Waals surface area (Å²) in [6, 6.07) is 3.53. The van der Waals surface area contributed by atoms with E-state index in [1.54, 1.807) is 12.4 Å². The first-order valence-corrected chi connectivity index (χ1v) is 9.38. The number of nitrogens with zero attached hydrogens (tertiary/aromatic N) is 1. The van der Waals surface area contributed by atoms with Gasteiger partial charge in [0.25, 0.3) is 0 Å². The second-order valence-electron chi connectivity index (χ2n) is 7.14. The number of aromatic nitrogens is 1. The van der Waals surface area contributed by atoms with Crippen LogP contribution in [0.15, 0.2) is 24.5 Å². The summed E-state index contributed by atoms with van der Waals surface area (Å²) in [6.45, 7) is 0.294. The molecule has 2 aliphatic rings. The molecule has 2 heterocycles. The van der Waals surface area contributed by atoms with Crippen LogP contribution in [0.5, 0.6) is 0 Å². The minimum absolute atomic E-state index is 0.0665. The van der Waals surface area contributed by atoms with Crippen molar-refractivity contribution in [3.63, 3.8) is 0 Å². The third-order valence-corrected chi connectivity index (χ3v) is 5.25. The Hall–Kier alpha value is -1.99. The van der Waals surface area contributed by atoms with Crippen molar-refractivity contribution in [2.75, 3.05) is 6.61 Å². The van der Waals surface area contributed by atoms with Crippen LogP contribution >= 0.6 is 0 Å². The third kappa shape index (κ3) is 5.02. The Morgan fingerprint density at radius 2 is 1.96 bits per heavy atom. The highest BCUT2D eigenvalue weighted by Gasteiger charge is 2.35. The predicted octanol–water partition coefficient (Wildman–Crippen LogP) is 0.913. The van der Waals surface area contributed by atoms with Crippen molar-refractivity contribution in [1.82, 2.24) is 15.6 Å². The van der Waals surface area contributed by atoms with E-state index in [1.165, 1.54) is 0 Å². The molecule has 3 atom stereocenters. The van der Waals surface area contributed by atoms with E-state index in [9.17, 15) is 14.7 Å². The van der Waals surface area contributed by atoms with Crippen LogP contribution in [0.25, 0.3) is 0 Å². The number of amides is 2. The van der Waals surface area contributed by atoms with Gasteiger partial charge in [-0.2, -0.15) is 0 Å². The van der Waals surface area contributed by atoms with Crippen LogP contribution in [-0.2, 0) is 20.9 Å². The average Bonchev–Trinajstić information content (AvgIpc) is 2.60. The molecule has 0 aromatic carbocycles. The first-order valence-electron chi connectivity index (χ1n) is 9.38. The van der Waals surface area contributed by atoms with Crippen molar-refractivity contribution in [2.45, 2.75) is 63.3 Å². The van der Waals surface area contributed by atoms with E-state index in [1.807, 2.05) is 12.1 Å². The van der Waals surface area contributed by atoms with Gasteiger partial charge in [0, 0.05) is 24.9 Å². The summed E-state index contributed by atoms with van der Waals surface area (Å²) in [6.07, 6.45) is 7.36. The van der Waals surface area contributed by atoms with Crippen molar-refractivity contribution < 1.29 is 19.4 Å². The van der Waals surface area contributed by atoms with Crippen molar-refractivity contribution in [1.29, 1.82) is 0 Å². The molecule has 0 unspecified atom stereocenters. The maximum atomic E-state index is 12.1. The number of nitrogens with one attached hydrogen (secondary N) is 2. The van der Waals surface area contributed by atoms with E-state index >= 15 is 0 Å². The third-order valence-electron chi connectivity index (χ3n) is 5.25. The van der Waals surface area contributed by atoms with Gasteiger partial charge in [0.1, 0.15) is 6.10 Å². The van der Waals surface area contributed by atoms with Gasteiger partial charge in [-0.15, -0.1) is 0 Å². The molecule has 1 aliphatic carbocycles. The fourth-order valence-corrected chi connectivity index (χ4v) is 3.40. The molecule has 26 heavy (non-hydrogen) atoms. The lowest BCUT2D eigenvalue weighted by Gasteiger charge is -2.37. The van der Waals surface area contributed by atoms with Gasteiger partial charge in [-0.25, -0.2) is 0 Å². The van der Waals surface area contributed by atoms with Crippen LogP contribution in [-0.4, -0.2) is 46.8 Å². The molecule has 1 saturated carbocycles. The summed E-state index contributed by atoms with van der Waals surface area (Å²) in [5.74, 6) is 0.100. The number of carbonyl (C=O) groups excluding carboxylic acids is 2. The van der Waals surface area contributed by atoms with E-state index in [2.05, 4.69) is 15.6 Å². The zero-order chi connectivity index (χ0) is 18.4. The van der Waals surface area contributed by atoms with Gasteiger partial charge in [0.15, 0.2) is 0 Å². The molecule has 1 aromatic rings. The lowest BCUT2D eigenvalue weighted by atomic mass is 9.84. The summed E-state index contributed by atoms with van der Waals surface area (Å²) in [7, 11) is 0. The summed E-state index contributed by atoms with van der Waals surface area (Å²) in [5, 5.41) is 15.5. The summed E-state index contributed by atoms with van der Waals surface area (Å²) in [5.41, 5.74) is 0.991. The fraction of sp³-hybridized carbons (Fsp3) is 0.632. The number of aliphatic hydroxyl groups excluding tert-OH is 1. The second-order valence-corrected chi connectivity index (χ2v) is 7.14. The van der Waals surface area contributed by atoms with Crippen LogP contribution in [0, 0.1) is 5.92 Å². The molecular formula is C19H27N3O4. The molecule has 1 saturated heterocycles. The molecular weight excluding hydrogens is 334 g/mol. The van der Waals surface area contributed by atoms with E-state index < -0.39 is 6.10 Å². The smallest absolute Gasteiger partial charge is 0.223 e. The highest BCUT2D eigenvalue weighted by atomic mass is 16.5. The Bertz CT molecular complexity index is 606. The van der Waals surface area contributed by atoms with Crippen molar-refractivity contribution in [3.8, 4) is 0 Å². The summed E-state index contributed by atoms with van der Waals surface area (Å²) in [4.78, 5) is 28.2. The highest BCUT2D eigenvalue weighted by Crippen LogP contribution is 2.28. The van der Waals surface area contributed by atoms with Gasteiger partial charge in [-0.1, -0.05) is 6.42 Å². The Morgan fingerprint density at radius 1 is 1.19 bits per heavy atom. The molecule has 0 bridgehead atoms. The quantitative estimate of drug-likeness (QED) is 0.670. The van der Waals surface area contributed by atoms with Crippen molar-refractivity contribution in [2.24, 2.45) is 5.92 Å². The lowest BCUT2D eigenvalue weighted by molar-refractivity contribution is -0.138. The molecule has 1 aliphatic heterocycles. The Labute approximate surface area is 153 Å². The summed E-state index contributed by atoms with van der Waals surface area (Å²) >= 11 is 0. The predicted molar refractivity (Wildman–Crippen MR) is 95.0 cm³/mol. The Balaban J connectivity index is 1.42. The Kier molecular flexibility index (Phi) is 6.57. The van der Waals surface area contributed by atoms with Gasteiger partial charge in [0.2, 0.25) is 11.8 Å². The van der Waals surface area contributed by atoms with Crippen molar-refractivity contribution in [3.05, 3.63) is 30.1 Å². The number of aliphatic hydroxyl groups is 1. The van der Waals surface area contributed by atoms with E-state index in [4.69, 9.17) is 4.74 Å². The largest absolute Gasteiger partial charge is 0.394 e. The number of hydrogen-bond acceptors (Lipinski definition) is 5. The SMILES string of the molecule is O=C(C[C@H]1CC[C@H](NC(=O)C2CCC2)[C@H](CO)O1)NCc1ccncc1.